The van der Waals surface area contributed by atoms with Crippen molar-refractivity contribution >= 4 is 52.0 Å². The first-order chi connectivity index (χ1) is 16.2. The number of benzene rings is 2. The number of halogens is 2. The number of hydrogen-bond acceptors (Lipinski definition) is 3. The number of thiocarbonyl (C=S) groups is 1. The summed E-state index contributed by atoms with van der Waals surface area (Å²) in [6.07, 6.45) is 0. The Morgan fingerprint density at radius 2 is 1.50 bits per heavy atom. The molecule has 0 bridgehead atoms. The molecule has 4 aromatic rings. The van der Waals surface area contributed by atoms with E-state index in [0.29, 0.717) is 34.1 Å². The van der Waals surface area contributed by atoms with Gasteiger partial charge in [-0.3, -0.25) is 9.36 Å². The SMILES string of the molecule is Cc1ccc(Cn2nc(C)c(NC(=S)Nc3cc(C)n(Cc4ccc(Cl)c(Cl)c4)n3)c2C)cc1. The molecule has 2 aromatic carbocycles. The molecule has 0 aliphatic rings. The molecule has 9 heteroatoms. The van der Waals surface area contributed by atoms with Crippen LogP contribution in [0.2, 0.25) is 10.0 Å². The Kier molecular flexibility index (Phi) is 7.26. The lowest BCUT2D eigenvalue weighted by Gasteiger charge is -2.10. The van der Waals surface area contributed by atoms with E-state index in [1.54, 1.807) is 6.07 Å². The zero-order valence-corrected chi connectivity index (χ0v) is 21.8. The maximum absolute atomic E-state index is 6.14. The molecule has 0 atom stereocenters. The largest absolute Gasteiger partial charge is 0.329 e. The third-order valence-electron chi connectivity index (χ3n) is 5.61. The maximum atomic E-state index is 6.14. The Bertz CT molecular complexity index is 1340. The second-order valence-corrected chi connectivity index (χ2v) is 9.57. The van der Waals surface area contributed by atoms with E-state index in [1.807, 2.05) is 48.3 Å². The summed E-state index contributed by atoms with van der Waals surface area (Å²) in [5.41, 5.74) is 7.25. The van der Waals surface area contributed by atoms with E-state index in [1.165, 1.54) is 11.1 Å². The molecular weight excluding hydrogens is 487 g/mol. The second-order valence-electron chi connectivity index (χ2n) is 8.35. The molecule has 0 aliphatic heterocycles. The molecule has 0 saturated heterocycles. The molecule has 0 fully saturated rings. The Hall–Kier alpha value is -2.87. The van der Waals surface area contributed by atoms with Crippen LogP contribution in [0.4, 0.5) is 11.5 Å². The van der Waals surface area contributed by atoms with Crippen LogP contribution in [-0.4, -0.2) is 24.7 Å². The van der Waals surface area contributed by atoms with E-state index in [-0.39, 0.29) is 0 Å². The highest BCUT2D eigenvalue weighted by molar-refractivity contribution is 7.80. The van der Waals surface area contributed by atoms with Crippen molar-refractivity contribution in [2.45, 2.75) is 40.8 Å². The molecule has 0 unspecified atom stereocenters. The lowest BCUT2D eigenvalue weighted by molar-refractivity contribution is 0.659. The van der Waals surface area contributed by atoms with Gasteiger partial charge in [-0.05, 0) is 63.2 Å². The summed E-state index contributed by atoms with van der Waals surface area (Å²) in [5.74, 6) is 0.664. The first-order valence-corrected chi connectivity index (χ1v) is 12.0. The summed E-state index contributed by atoms with van der Waals surface area (Å²) in [4.78, 5) is 0. The van der Waals surface area contributed by atoms with E-state index in [2.05, 4.69) is 46.9 Å². The summed E-state index contributed by atoms with van der Waals surface area (Å²) in [6.45, 7) is 9.37. The number of anilines is 2. The second kappa shape index (κ2) is 10.2. The summed E-state index contributed by atoms with van der Waals surface area (Å²) in [7, 11) is 0. The van der Waals surface area contributed by atoms with Gasteiger partial charge in [0, 0.05) is 11.8 Å². The molecule has 4 rings (SSSR count). The van der Waals surface area contributed by atoms with Crippen LogP contribution in [0.1, 0.15) is 33.8 Å². The Balaban J connectivity index is 1.43. The average molecular weight is 513 g/mol. The van der Waals surface area contributed by atoms with Crippen LogP contribution in [0.15, 0.2) is 48.5 Å². The molecule has 2 heterocycles. The van der Waals surface area contributed by atoms with Crippen molar-refractivity contribution in [3.63, 3.8) is 0 Å². The average Bonchev–Trinajstić information content (AvgIpc) is 3.25. The van der Waals surface area contributed by atoms with Gasteiger partial charge in [-0.1, -0.05) is 59.1 Å². The van der Waals surface area contributed by atoms with Crippen molar-refractivity contribution in [1.29, 1.82) is 0 Å². The smallest absolute Gasteiger partial charge is 0.176 e. The van der Waals surface area contributed by atoms with Crippen LogP contribution in [0, 0.1) is 27.7 Å². The molecule has 34 heavy (non-hydrogen) atoms. The minimum absolute atomic E-state index is 0.459. The third kappa shape index (κ3) is 5.60. The molecule has 0 amide bonds. The highest BCUT2D eigenvalue weighted by Crippen LogP contribution is 2.24. The van der Waals surface area contributed by atoms with Gasteiger partial charge in [0.15, 0.2) is 10.9 Å². The monoisotopic (exact) mass is 512 g/mol. The van der Waals surface area contributed by atoms with Crippen molar-refractivity contribution in [3.05, 3.63) is 92.3 Å². The van der Waals surface area contributed by atoms with Gasteiger partial charge < -0.3 is 10.6 Å². The Morgan fingerprint density at radius 3 is 2.21 bits per heavy atom. The predicted octanol–water partition coefficient (Wildman–Crippen LogP) is 6.53. The van der Waals surface area contributed by atoms with Crippen LogP contribution < -0.4 is 10.6 Å². The Morgan fingerprint density at radius 1 is 0.824 bits per heavy atom. The molecule has 2 N–H and O–H groups in total. The van der Waals surface area contributed by atoms with E-state index >= 15 is 0 Å². The van der Waals surface area contributed by atoms with E-state index in [0.717, 1.165) is 28.3 Å². The molecule has 0 aliphatic carbocycles. The molecule has 2 aromatic heterocycles. The lowest BCUT2D eigenvalue weighted by atomic mass is 10.1. The quantitative estimate of drug-likeness (QED) is 0.287. The van der Waals surface area contributed by atoms with Gasteiger partial charge in [-0.25, -0.2) is 0 Å². The first-order valence-electron chi connectivity index (χ1n) is 10.9. The van der Waals surface area contributed by atoms with Crippen LogP contribution in [0.3, 0.4) is 0 Å². The van der Waals surface area contributed by atoms with E-state index < -0.39 is 0 Å². The van der Waals surface area contributed by atoms with Gasteiger partial charge in [0.1, 0.15) is 0 Å². The fourth-order valence-corrected chi connectivity index (χ4v) is 4.23. The van der Waals surface area contributed by atoms with E-state index in [9.17, 15) is 0 Å². The highest BCUT2D eigenvalue weighted by Gasteiger charge is 2.14. The van der Waals surface area contributed by atoms with Gasteiger partial charge in [-0.15, -0.1) is 0 Å². The molecule has 0 spiro atoms. The zero-order chi connectivity index (χ0) is 24.4. The summed E-state index contributed by atoms with van der Waals surface area (Å²) >= 11 is 17.7. The Labute approximate surface area is 214 Å². The lowest BCUT2D eigenvalue weighted by Crippen LogP contribution is -2.20. The molecule has 0 saturated carbocycles. The molecule has 176 valence electrons. The van der Waals surface area contributed by atoms with Crippen LogP contribution in [0.25, 0.3) is 0 Å². The third-order valence-corrected chi connectivity index (χ3v) is 6.56. The van der Waals surface area contributed by atoms with Crippen molar-refractivity contribution in [2.75, 3.05) is 10.6 Å². The van der Waals surface area contributed by atoms with Gasteiger partial charge in [0.05, 0.1) is 40.2 Å². The minimum atomic E-state index is 0.459. The molecular formula is C25H26Cl2N6S. The van der Waals surface area contributed by atoms with Crippen molar-refractivity contribution in [2.24, 2.45) is 0 Å². The van der Waals surface area contributed by atoms with Crippen molar-refractivity contribution in [1.82, 2.24) is 19.6 Å². The first kappa shape index (κ1) is 24.3. The summed E-state index contributed by atoms with van der Waals surface area (Å²) in [5, 5.41) is 17.3. The number of aryl methyl sites for hydroxylation is 3. The van der Waals surface area contributed by atoms with Gasteiger partial charge in [0.25, 0.3) is 0 Å². The van der Waals surface area contributed by atoms with E-state index in [4.69, 9.17) is 40.5 Å². The number of aromatic nitrogens is 4. The summed E-state index contributed by atoms with van der Waals surface area (Å²) < 4.78 is 3.88. The minimum Gasteiger partial charge on any atom is -0.329 e. The molecule has 6 nitrogen and oxygen atoms in total. The van der Waals surface area contributed by atoms with Crippen molar-refractivity contribution in [3.8, 4) is 0 Å². The normalized spacial score (nSPS) is 11.0. The highest BCUT2D eigenvalue weighted by atomic mass is 35.5. The number of nitrogens with one attached hydrogen (secondary N) is 2. The number of hydrogen-bond donors (Lipinski definition) is 2. The van der Waals surface area contributed by atoms with Crippen LogP contribution in [0.5, 0.6) is 0 Å². The van der Waals surface area contributed by atoms with Gasteiger partial charge >= 0.3 is 0 Å². The number of rotatable bonds is 6. The maximum Gasteiger partial charge on any atom is 0.176 e. The van der Waals surface area contributed by atoms with Crippen LogP contribution >= 0.6 is 35.4 Å². The summed E-state index contributed by atoms with van der Waals surface area (Å²) in [6, 6.07) is 16.0. The fourth-order valence-electron chi connectivity index (χ4n) is 3.70. The van der Waals surface area contributed by atoms with Gasteiger partial charge in [0.2, 0.25) is 0 Å². The van der Waals surface area contributed by atoms with Gasteiger partial charge in [-0.2, -0.15) is 10.2 Å². The standard InChI is InChI=1S/C25H26Cl2N6S/c1-15-5-7-19(8-6-15)13-33-18(4)24(17(3)30-33)29-25(34)28-23-11-16(2)32(31-23)14-20-9-10-21(26)22(27)12-20/h5-12H,13-14H2,1-4H3,(H2,28,29,31,34). The zero-order valence-electron chi connectivity index (χ0n) is 19.5. The fraction of sp³-hybridized carbons (Fsp3) is 0.240. The van der Waals surface area contributed by atoms with Crippen LogP contribution in [-0.2, 0) is 13.1 Å². The predicted molar refractivity (Wildman–Crippen MR) is 144 cm³/mol. The van der Waals surface area contributed by atoms with Crippen molar-refractivity contribution < 1.29 is 0 Å². The molecule has 0 radical (unpaired) electrons. The topological polar surface area (TPSA) is 59.7 Å². The number of nitrogens with zero attached hydrogens (tertiary/aromatic N) is 4.